The molecule has 3 unspecified atom stereocenters. The quantitative estimate of drug-likeness (QED) is 0.0156. The van der Waals surface area contributed by atoms with Crippen molar-refractivity contribution in [3.05, 3.63) is 48.6 Å². The highest BCUT2D eigenvalue weighted by Crippen LogP contribution is 2.43. The van der Waals surface area contributed by atoms with Gasteiger partial charge in [0, 0.05) is 12.8 Å². The number of amides is 1. The van der Waals surface area contributed by atoms with E-state index in [0.717, 1.165) is 83.5 Å². The molecular formula is C65H124N2O7P+. The third-order valence-corrected chi connectivity index (χ3v) is 15.3. The third kappa shape index (κ3) is 56.5. The van der Waals surface area contributed by atoms with Crippen LogP contribution in [0.25, 0.3) is 0 Å². The molecule has 0 aromatic carbocycles. The molecule has 0 fully saturated rings. The van der Waals surface area contributed by atoms with Gasteiger partial charge in [0.25, 0.3) is 0 Å². The number of hydrogen-bond donors (Lipinski definition) is 2. The minimum Gasteiger partial charge on any atom is -0.456 e. The molecule has 0 aliphatic carbocycles. The second-order valence-electron chi connectivity index (χ2n) is 23.0. The Kier molecular flexibility index (Phi) is 53.8. The second-order valence-corrected chi connectivity index (χ2v) is 24.4. The maximum atomic E-state index is 13.6. The van der Waals surface area contributed by atoms with Gasteiger partial charge < -0.3 is 19.4 Å². The molecule has 0 aromatic rings. The smallest absolute Gasteiger partial charge is 0.456 e. The standard InChI is InChI=1S/C65H123N2O7P/c1-7-10-13-16-19-22-25-28-29-30-31-32-33-34-35-36-37-40-42-45-48-51-54-57-64(68)66-62(61-73-75(70,71)72-60-59-67(4,5)6)63(56-53-50-47-44-41-38-26-23-20-17-14-11-8-2)74-65(69)58-55-52-49-46-43-39-27-24-21-18-15-12-9-3/h12,15,18,21,24,27,53,56,62-63H,7-11,13-14,16-17,19-20,22-23,25-26,28-52,54-55,57-61H2,1-6H3,(H-,66,68,70,71)/p+1/b15-12+,21-18+,27-24-,56-53-. The number of esters is 1. The van der Waals surface area contributed by atoms with Crippen LogP contribution in [0.4, 0.5) is 0 Å². The second kappa shape index (κ2) is 55.3. The monoisotopic (exact) mass is 1080 g/mol. The van der Waals surface area contributed by atoms with Crippen LogP contribution in [0.1, 0.15) is 303 Å². The third-order valence-electron chi connectivity index (χ3n) is 14.3. The summed E-state index contributed by atoms with van der Waals surface area (Å²) in [6.45, 7) is 6.90. The highest BCUT2D eigenvalue weighted by molar-refractivity contribution is 7.47. The summed E-state index contributed by atoms with van der Waals surface area (Å²) in [5, 5.41) is 3.06. The number of phosphoric acid groups is 1. The van der Waals surface area contributed by atoms with Gasteiger partial charge in [-0.1, -0.05) is 288 Å². The fraction of sp³-hybridized carbons (Fsp3) is 0.846. The maximum Gasteiger partial charge on any atom is 0.472 e. The van der Waals surface area contributed by atoms with Crippen molar-refractivity contribution in [2.24, 2.45) is 0 Å². The number of allylic oxidation sites excluding steroid dienone is 7. The Morgan fingerprint density at radius 1 is 0.480 bits per heavy atom. The van der Waals surface area contributed by atoms with Crippen LogP contribution in [0.15, 0.2) is 48.6 Å². The van der Waals surface area contributed by atoms with E-state index in [9.17, 15) is 19.0 Å². The summed E-state index contributed by atoms with van der Waals surface area (Å²) in [7, 11) is 1.49. The molecule has 0 saturated carbocycles. The first kappa shape index (κ1) is 73.0. The number of nitrogens with zero attached hydrogens (tertiary/aromatic N) is 1. The topological polar surface area (TPSA) is 111 Å². The molecule has 0 aliphatic rings. The summed E-state index contributed by atoms with van der Waals surface area (Å²) in [5.41, 5.74) is 0. The Bertz CT molecular complexity index is 1420. The van der Waals surface area contributed by atoms with Gasteiger partial charge >= 0.3 is 13.8 Å². The molecule has 0 spiro atoms. The van der Waals surface area contributed by atoms with Gasteiger partial charge in [-0.15, -0.1) is 0 Å². The predicted molar refractivity (Wildman–Crippen MR) is 323 cm³/mol. The number of ether oxygens (including phenoxy) is 1. The first-order valence-electron chi connectivity index (χ1n) is 32.0. The Morgan fingerprint density at radius 3 is 1.27 bits per heavy atom. The molecule has 2 N–H and O–H groups in total. The van der Waals surface area contributed by atoms with Crippen molar-refractivity contribution in [2.75, 3.05) is 40.9 Å². The molecule has 10 heteroatoms. The largest absolute Gasteiger partial charge is 0.472 e. The molecule has 1 amide bonds. The molecule has 0 bridgehead atoms. The van der Waals surface area contributed by atoms with Crippen molar-refractivity contribution in [1.29, 1.82) is 0 Å². The van der Waals surface area contributed by atoms with Crippen LogP contribution in [0, 0.1) is 0 Å². The van der Waals surface area contributed by atoms with E-state index < -0.39 is 20.0 Å². The SMILES string of the molecule is CC/C=C/C=C/C=C\CCCCCCCC(=O)OC(/C=C\CCCCCCCCCCCCC)C(COP(=O)(O)OCC[N+](C)(C)C)NC(=O)CCCCCCCCCCCCCCCCCCCCCCCCC. The molecular weight excluding hydrogens is 952 g/mol. The van der Waals surface area contributed by atoms with Crippen molar-refractivity contribution in [3.63, 3.8) is 0 Å². The average Bonchev–Trinajstić information content (AvgIpc) is 3.37. The van der Waals surface area contributed by atoms with E-state index in [-0.39, 0.29) is 31.5 Å². The zero-order valence-corrected chi connectivity index (χ0v) is 51.2. The van der Waals surface area contributed by atoms with Crippen LogP contribution < -0.4 is 5.32 Å². The highest BCUT2D eigenvalue weighted by Gasteiger charge is 2.30. The summed E-state index contributed by atoms with van der Waals surface area (Å²) in [6, 6.07) is -0.854. The van der Waals surface area contributed by atoms with Crippen molar-refractivity contribution < 1.29 is 37.3 Å². The molecule has 0 aliphatic heterocycles. The molecule has 0 saturated heterocycles. The van der Waals surface area contributed by atoms with E-state index in [1.54, 1.807) is 0 Å². The lowest BCUT2D eigenvalue weighted by Crippen LogP contribution is -2.47. The average molecular weight is 1080 g/mol. The number of unbranched alkanes of at least 4 members (excludes halogenated alkanes) is 38. The van der Waals surface area contributed by atoms with E-state index in [1.165, 1.54) is 186 Å². The van der Waals surface area contributed by atoms with Crippen LogP contribution in [0.5, 0.6) is 0 Å². The Balaban J connectivity index is 5.14. The van der Waals surface area contributed by atoms with Gasteiger partial charge in [-0.05, 0) is 51.0 Å². The number of rotatable bonds is 58. The first-order valence-corrected chi connectivity index (χ1v) is 33.5. The van der Waals surface area contributed by atoms with Gasteiger partial charge in [-0.25, -0.2) is 4.57 Å². The van der Waals surface area contributed by atoms with Crippen LogP contribution >= 0.6 is 7.82 Å². The number of phosphoric ester groups is 1. The van der Waals surface area contributed by atoms with Crippen LogP contribution in [-0.2, 0) is 27.9 Å². The van der Waals surface area contributed by atoms with Crippen molar-refractivity contribution >= 4 is 19.7 Å². The van der Waals surface area contributed by atoms with Crippen LogP contribution in [-0.4, -0.2) is 74.3 Å². The van der Waals surface area contributed by atoms with Crippen molar-refractivity contribution in [2.45, 2.75) is 315 Å². The van der Waals surface area contributed by atoms with Gasteiger partial charge in [0.15, 0.2) is 0 Å². The molecule has 440 valence electrons. The van der Waals surface area contributed by atoms with Gasteiger partial charge in [0.2, 0.25) is 5.91 Å². The van der Waals surface area contributed by atoms with Gasteiger partial charge in [-0.3, -0.25) is 18.6 Å². The molecule has 9 nitrogen and oxygen atoms in total. The summed E-state index contributed by atoms with van der Waals surface area (Å²) < 4.78 is 30.7. The van der Waals surface area contributed by atoms with Crippen molar-refractivity contribution in [3.8, 4) is 0 Å². The van der Waals surface area contributed by atoms with Gasteiger partial charge in [0.05, 0.1) is 33.8 Å². The normalized spacial score (nSPS) is 14.0. The first-order chi connectivity index (χ1) is 36.4. The molecule has 0 aromatic heterocycles. The van der Waals surface area contributed by atoms with Crippen molar-refractivity contribution in [1.82, 2.24) is 5.32 Å². The summed E-state index contributed by atoms with van der Waals surface area (Å²) in [5.74, 6) is -0.517. The van der Waals surface area contributed by atoms with Gasteiger partial charge in [-0.2, -0.15) is 0 Å². The Morgan fingerprint density at radius 2 is 0.853 bits per heavy atom. The predicted octanol–water partition coefficient (Wildman–Crippen LogP) is 19.7. The van der Waals surface area contributed by atoms with E-state index in [1.807, 2.05) is 33.3 Å². The van der Waals surface area contributed by atoms with Crippen LogP contribution in [0.2, 0.25) is 0 Å². The minimum absolute atomic E-state index is 0.0378. The van der Waals surface area contributed by atoms with Crippen LogP contribution in [0.3, 0.4) is 0 Å². The number of quaternary nitrogens is 1. The fourth-order valence-corrected chi connectivity index (χ4v) is 10.1. The number of carbonyl (C=O) groups is 2. The lowest BCUT2D eigenvalue weighted by Gasteiger charge is -2.27. The minimum atomic E-state index is -4.45. The lowest BCUT2D eigenvalue weighted by molar-refractivity contribution is -0.870. The number of likely N-dealkylation sites (N-methyl/N-ethyl adjacent to an activating group) is 1. The number of nitrogens with one attached hydrogen (secondary N) is 1. The Labute approximate surface area is 465 Å². The van der Waals surface area contributed by atoms with E-state index in [2.05, 4.69) is 62.5 Å². The number of carbonyl (C=O) groups excluding carboxylic acids is 2. The van der Waals surface area contributed by atoms with E-state index in [4.69, 9.17) is 13.8 Å². The van der Waals surface area contributed by atoms with Gasteiger partial charge in [0.1, 0.15) is 19.3 Å². The fourth-order valence-electron chi connectivity index (χ4n) is 9.41. The maximum absolute atomic E-state index is 13.6. The number of hydrogen-bond acceptors (Lipinski definition) is 6. The molecule has 75 heavy (non-hydrogen) atoms. The summed E-state index contributed by atoms with van der Waals surface area (Å²) >= 11 is 0. The molecule has 0 radical (unpaired) electrons. The van der Waals surface area contributed by atoms with E-state index >= 15 is 0 Å². The zero-order chi connectivity index (χ0) is 55.0. The summed E-state index contributed by atoms with van der Waals surface area (Å²) in [4.78, 5) is 37.7. The Hall–Kier alpha value is -2.03. The lowest BCUT2D eigenvalue weighted by atomic mass is 10.0. The molecule has 0 rings (SSSR count). The zero-order valence-electron chi connectivity index (χ0n) is 50.3. The molecule has 0 heterocycles. The molecule has 3 atom stereocenters. The highest BCUT2D eigenvalue weighted by atomic mass is 31.2. The summed E-state index contributed by atoms with van der Waals surface area (Å²) in [6.07, 6.45) is 68.3. The van der Waals surface area contributed by atoms with E-state index in [0.29, 0.717) is 17.4 Å².